The molecule has 1 aromatic rings. The van der Waals surface area contributed by atoms with Crippen molar-refractivity contribution < 1.29 is 9.30 Å². The smallest absolute Gasteiger partial charge is 0.168 e. The lowest BCUT2D eigenvalue weighted by Crippen LogP contribution is -2.26. The largest absolute Gasteiger partial charge is 0.383 e. The van der Waals surface area contributed by atoms with E-state index in [0.717, 1.165) is 26.1 Å². The van der Waals surface area contributed by atoms with Crippen molar-refractivity contribution in [3.8, 4) is 0 Å². The van der Waals surface area contributed by atoms with Crippen LogP contribution in [0.5, 0.6) is 0 Å². The van der Waals surface area contributed by atoms with Gasteiger partial charge in [0.2, 0.25) is 0 Å². The van der Waals surface area contributed by atoms with Gasteiger partial charge in [-0.3, -0.25) is 0 Å². The van der Waals surface area contributed by atoms with Crippen molar-refractivity contribution >= 4 is 0 Å². The van der Waals surface area contributed by atoms with Gasteiger partial charge in [0.25, 0.3) is 0 Å². The fourth-order valence-electron chi connectivity index (χ4n) is 1.23. The minimum absolute atomic E-state index is 0.781. The zero-order valence-corrected chi connectivity index (χ0v) is 8.99. The Bertz CT molecular complexity index is 246. The molecule has 1 rings (SSSR count). The van der Waals surface area contributed by atoms with E-state index in [1.807, 2.05) is 11.6 Å². The topological polar surface area (TPSA) is 25.1 Å². The predicted molar refractivity (Wildman–Crippen MR) is 56.1 cm³/mol. The van der Waals surface area contributed by atoms with E-state index in [-0.39, 0.29) is 0 Å². The molecule has 1 aromatic heterocycles. The number of rotatable bonds is 6. The van der Waals surface area contributed by atoms with Crippen LogP contribution in [0.3, 0.4) is 0 Å². The van der Waals surface area contributed by atoms with Gasteiger partial charge < -0.3 is 10.1 Å². The molecule has 0 aliphatic rings. The third-order valence-corrected chi connectivity index (χ3v) is 2.12. The Morgan fingerprint density at radius 2 is 2.00 bits per heavy atom. The molecule has 0 spiro atoms. The van der Waals surface area contributed by atoms with Crippen molar-refractivity contribution in [3.05, 3.63) is 30.1 Å². The second-order valence-electron chi connectivity index (χ2n) is 3.36. The summed E-state index contributed by atoms with van der Waals surface area (Å²) in [6, 6.07) is 4.30. The van der Waals surface area contributed by atoms with Gasteiger partial charge in [-0.2, -0.15) is 0 Å². The van der Waals surface area contributed by atoms with Gasteiger partial charge in [-0.15, -0.1) is 0 Å². The molecule has 1 N–H and O–H groups in total. The fourth-order valence-corrected chi connectivity index (χ4v) is 1.23. The highest BCUT2D eigenvalue weighted by atomic mass is 16.5. The molecule has 1 heterocycles. The molecule has 0 aliphatic heterocycles. The number of nitrogens with one attached hydrogen (secondary N) is 1. The first-order chi connectivity index (χ1) is 6.83. The average molecular weight is 195 g/mol. The molecule has 0 amide bonds. The van der Waals surface area contributed by atoms with Gasteiger partial charge in [0, 0.05) is 25.8 Å². The van der Waals surface area contributed by atoms with Crippen molar-refractivity contribution in [1.82, 2.24) is 5.32 Å². The lowest BCUT2D eigenvalue weighted by Gasteiger charge is -2.03. The van der Waals surface area contributed by atoms with Crippen LogP contribution in [0.15, 0.2) is 24.5 Å². The van der Waals surface area contributed by atoms with Crippen LogP contribution in [0.4, 0.5) is 0 Å². The Morgan fingerprint density at radius 1 is 1.29 bits per heavy atom. The number of pyridine rings is 1. The summed E-state index contributed by atoms with van der Waals surface area (Å²) < 4.78 is 6.99. The molecule has 78 valence electrons. The summed E-state index contributed by atoms with van der Waals surface area (Å²) in [6.07, 6.45) is 5.22. The summed E-state index contributed by atoms with van der Waals surface area (Å²) in [5, 5.41) is 3.32. The van der Waals surface area contributed by atoms with Gasteiger partial charge in [0.05, 0.1) is 6.61 Å². The zero-order valence-electron chi connectivity index (χ0n) is 8.99. The van der Waals surface area contributed by atoms with Crippen LogP contribution < -0.4 is 9.88 Å². The van der Waals surface area contributed by atoms with Crippen molar-refractivity contribution in [3.63, 3.8) is 0 Å². The average Bonchev–Trinajstić information content (AvgIpc) is 2.21. The molecule has 0 saturated heterocycles. The van der Waals surface area contributed by atoms with E-state index >= 15 is 0 Å². The first-order valence-electron chi connectivity index (χ1n) is 4.97. The van der Waals surface area contributed by atoms with Crippen LogP contribution in [0.1, 0.15) is 5.56 Å². The second kappa shape index (κ2) is 6.51. The first-order valence-corrected chi connectivity index (χ1v) is 4.97. The Labute approximate surface area is 85.7 Å². The summed E-state index contributed by atoms with van der Waals surface area (Å²) in [5.41, 5.74) is 1.37. The minimum atomic E-state index is 0.781. The first kappa shape index (κ1) is 11.1. The highest BCUT2D eigenvalue weighted by Crippen LogP contribution is 1.94. The van der Waals surface area contributed by atoms with Crippen LogP contribution in [0, 0.1) is 0 Å². The molecule has 3 heteroatoms. The van der Waals surface area contributed by atoms with Gasteiger partial charge in [0.15, 0.2) is 12.4 Å². The fraction of sp³-hybridized carbons (Fsp3) is 0.545. The Balaban J connectivity index is 2.15. The van der Waals surface area contributed by atoms with Crippen LogP contribution in [-0.2, 0) is 18.2 Å². The minimum Gasteiger partial charge on any atom is -0.383 e. The monoisotopic (exact) mass is 195 g/mol. The Hall–Kier alpha value is -0.930. The van der Waals surface area contributed by atoms with E-state index in [1.165, 1.54) is 5.56 Å². The number of methoxy groups -OCH3 is 1. The maximum Gasteiger partial charge on any atom is 0.168 e. The molecule has 0 saturated carbocycles. The molecule has 0 fully saturated rings. The molecular weight excluding hydrogens is 176 g/mol. The SMILES string of the molecule is COCCNCCc1cc[n+](C)cc1. The van der Waals surface area contributed by atoms with Crippen LogP contribution in [0.25, 0.3) is 0 Å². The van der Waals surface area contributed by atoms with Crippen molar-refractivity contribution in [2.45, 2.75) is 6.42 Å². The molecule has 0 radical (unpaired) electrons. The quantitative estimate of drug-likeness (QED) is 0.521. The number of hydrogen-bond donors (Lipinski definition) is 1. The van der Waals surface area contributed by atoms with E-state index in [9.17, 15) is 0 Å². The summed E-state index contributed by atoms with van der Waals surface area (Å²) in [6.45, 7) is 2.72. The molecule has 0 aliphatic carbocycles. The van der Waals surface area contributed by atoms with Crippen LogP contribution in [-0.4, -0.2) is 26.8 Å². The highest BCUT2D eigenvalue weighted by molar-refractivity contribution is 5.07. The predicted octanol–water partition coefficient (Wildman–Crippen LogP) is 0.290. The van der Waals surface area contributed by atoms with E-state index in [2.05, 4.69) is 29.8 Å². The molecule has 0 unspecified atom stereocenters. The summed E-state index contributed by atoms with van der Waals surface area (Å²) >= 11 is 0. The van der Waals surface area contributed by atoms with Gasteiger partial charge in [-0.05, 0) is 18.5 Å². The number of aryl methyl sites for hydroxylation is 1. The van der Waals surface area contributed by atoms with E-state index < -0.39 is 0 Å². The molecule has 3 nitrogen and oxygen atoms in total. The normalized spacial score (nSPS) is 10.4. The summed E-state index contributed by atoms with van der Waals surface area (Å²) in [7, 11) is 3.75. The van der Waals surface area contributed by atoms with Gasteiger partial charge in [0.1, 0.15) is 7.05 Å². The van der Waals surface area contributed by atoms with Gasteiger partial charge in [-0.1, -0.05) is 0 Å². The summed E-state index contributed by atoms with van der Waals surface area (Å²) in [4.78, 5) is 0. The Kier molecular flexibility index (Phi) is 5.19. The standard InChI is InChI=1S/C11H19N2O/c1-13-8-4-11(5-9-13)3-6-12-7-10-14-2/h4-5,8-9,12H,3,6-7,10H2,1-2H3/q+1. The molecular formula is C11H19N2O+. The maximum absolute atomic E-state index is 4.94. The molecule has 0 bridgehead atoms. The lowest BCUT2D eigenvalue weighted by atomic mass is 10.2. The number of nitrogens with zero attached hydrogens (tertiary/aromatic N) is 1. The van der Waals surface area contributed by atoms with Crippen molar-refractivity contribution in [1.29, 1.82) is 0 Å². The summed E-state index contributed by atoms with van der Waals surface area (Å²) in [5.74, 6) is 0. The molecule has 0 aromatic carbocycles. The third kappa shape index (κ3) is 4.35. The lowest BCUT2D eigenvalue weighted by molar-refractivity contribution is -0.671. The third-order valence-electron chi connectivity index (χ3n) is 2.12. The van der Waals surface area contributed by atoms with Crippen LogP contribution in [0.2, 0.25) is 0 Å². The van der Waals surface area contributed by atoms with Crippen LogP contribution >= 0.6 is 0 Å². The number of hydrogen-bond acceptors (Lipinski definition) is 2. The van der Waals surface area contributed by atoms with Gasteiger partial charge in [-0.25, -0.2) is 4.57 Å². The molecule has 14 heavy (non-hydrogen) atoms. The van der Waals surface area contributed by atoms with Gasteiger partial charge >= 0.3 is 0 Å². The van der Waals surface area contributed by atoms with E-state index in [1.54, 1.807) is 7.11 Å². The van der Waals surface area contributed by atoms with Crippen molar-refractivity contribution in [2.24, 2.45) is 7.05 Å². The zero-order chi connectivity index (χ0) is 10.2. The highest BCUT2D eigenvalue weighted by Gasteiger charge is 1.95. The van der Waals surface area contributed by atoms with E-state index in [0.29, 0.717) is 0 Å². The number of ether oxygens (including phenoxy) is 1. The second-order valence-corrected chi connectivity index (χ2v) is 3.36. The maximum atomic E-state index is 4.94. The number of aromatic nitrogens is 1. The Morgan fingerprint density at radius 3 is 2.64 bits per heavy atom. The van der Waals surface area contributed by atoms with E-state index in [4.69, 9.17) is 4.74 Å². The molecule has 0 atom stereocenters. The van der Waals surface area contributed by atoms with Crippen molar-refractivity contribution in [2.75, 3.05) is 26.8 Å².